The summed E-state index contributed by atoms with van der Waals surface area (Å²) >= 11 is 0. The molecule has 1 amide bonds. The van der Waals surface area contributed by atoms with Crippen LogP contribution in [0, 0.1) is 0 Å². The summed E-state index contributed by atoms with van der Waals surface area (Å²) in [6.45, 7) is 7.95. The molecule has 4 rings (SSSR count). The summed E-state index contributed by atoms with van der Waals surface area (Å²) < 4.78 is 60.0. The lowest BCUT2D eigenvalue weighted by Crippen LogP contribution is -2.56. The van der Waals surface area contributed by atoms with Gasteiger partial charge in [0.15, 0.2) is 0 Å². The monoisotopic (exact) mass is 543 g/mol. The molecule has 0 unspecified atom stereocenters. The van der Waals surface area contributed by atoms with Crippen LogP contribution >= 0.6 is 0 Å². The van der Waals surface area contributed by atoms with Crippen molar-refractivity contribution in [2.45, 2.75) is 39.3 Å². The fourth-order valence-corrected chi connectivity index (χ4v) is 5.74. The average Bonchev–Trinajstić information content (AvgIpc) is 3.55. The molecule has 0 aromatic carbocycles. The van der Waals surface area contributed by atoms with Crippen molar-refractivity contribution in [3.8, 4) is 0 Å². The number of piperazine rings is 1. The average molecular weight is 544 g/mol. The van der Waals surface area contributed by atoms with Crippen molar-refractivity contribution >= 4 is 26.5 Å². The summed E-state index contributed by atoms with van der Waals surface area (Å²) in [6.07, 6.45) is 12.3. The zero-order valence-electron chi connectivity index (χ0n) is 20.7. The van der Waals surface area contributed by atoms with Crippen LogP contribution in [0.2, 0.25) is 0 Å². The second-order valence-electron chi connectivity index (χ2n) is 9.09. The van der Waals surface area contributed by atoms with Gasteiger partial charge in [0.25, 0.3) is 6.33 Å². The van der Waals surface area contributed by atoms with Gasteiger partial charge in [-0.3, -0.25) is 0 Å². The van der Waals surface area contributed by atoms with Crippen molar-refractivity contribution < 1.29 is 30.9 Å². The molecule has 1 saturated heterocycles. The normalized spacial score (nSPS) is 17.4. The first kappa shape index (κ1) is 27.3. The molecular formula is C20H31N8O6S2+. The number of carbonyl (C=O) groups is 1. The largest absolute Gasteiger partial charge is 0.444 e. The second-order valence-corrected chi connectivity index (χ2v) is 12.7. The molecule has 4 heterocycles. The van der Waals surface area contributed by atoms with Gasteiger partial charge in [0.1, 0.15) is 30.6 Å². The van der Waals surface area contributed by atoms with Crippen LogP contribution in [-0.2, 0) is 32.2 Å². The smallest absolute Gasteiger partial charge is 0.410 e. The molecular weight excluding hydrogens is 512 g/mol. The third-order valence-corrected chi connectivity index (χ3v) is 8.28. The molecule has 1 atom stereocenters. The van der Waals surface area contributed by atoms with Gasteiger partial charge >= 0.3 is 26.5 Å². The Morgan fingerprint density at radius 1 is 0.944 bits per heavy atom. The van der Waals surface area contributed by atoms with E-state index in [9.17, 15) is 21.6 Å². The highest BCUT2D eigenvalue weighted by molar-refractivity contribution is 7.88. The van der Waals surface area contributed by atoms with Gasteiger partial charge < -0.3 is 9.64 Å². The van der Waals surface area contributed by atoms with Crippen molar-refractivity contribution in [3.63, 3.8) is 0 Å². The summed E-state index contributed by atoms with van der Waals surface area (Å²) in [5.41, 5.74) is -0.573. The standard InChI is InChI=1S/C13H22N4O4S.C7H9N4O2S/c1-11-9-15(22(19,20)16-6-5-14-10-16)7-8-17(11)12(18)21-13(2,3)4;1-9-4-5-11(7-9)14(12,13)10-3-2-8-6-10/h5-6,10-11H,7-9H2,1-4H3;2-7H,1H3/q;+1/t11-;/m1./s1. The maximum Gasteiger partial charge on any atom is 0.410 e. The van der Waals surface area contributed by atoms with Gasteiger partial charge in [0.05, 0.1) is 7.05 Å². The number of nitrogens with zero attached hydrogens (tertiary/aromatic N) is 8. The molecule has 1 aliphatic heterocycles. The lowest BCUT2D eigenvalue weighted by molar-refractivity contribution is -0.670. The Hall–Kier alpha value is -3.24. The quantitative estimate of drug-likeness (QED) is 0.420. The summed E-state index contributed by atoms with van der Waals surface area (Å²) in [5, 5.41) is 0. The van der Waals surface area contributed by atoms with Crippen LogP contribution in [0.25, 0.3) is 0 Å². The number of aryl methyl sites for hydroxylation is 1. The van der Waals surface area contributed by atoms with E-state index in [1.807, 2.05) is 0 Å². The number of aromatic nitrogens is 6. The number of imidazole rings is 3. The molecule has 3 aromatic rings. The van der Waals surface area contributed by atoms with Crippen LogP contribution in [0.15, 0.2) is 56.2 Å². The Morgan fingerprint density at radius 3 is 1.97 bits per heavy atom. The molecule has 0 spiro atoms. The predicted molar refractivity (Wildman–Crippen MR) is 128 cm³/mol. The molecule has 0 saturated carbocycles. The van der Waals surface area contributed by atoms with Gasteiger partial charge in [0.2, 0.25) is 0 Å². The minimum Gasteiger partial charge on any atom is -0.444 e. The van der Waals surface area contributed by atoms with E-state index < -0.39 is 32.1 Å². The lowest BCUT2D eigenvalue weighted by atomic mass is 10.2. The van der Waals surface area contributed by atoms with Crippen molar-refractivity contribution in [1.29, 1.82) is 0 Å². The van der Waals surface area contributed by atoms with Crippen LogP contribution in [0.4, 0.5) is 4.79 Å². The predicted octanol–water partition coefficient (Wildman–Crippen LogP) is 0.0675. The highest BCUT2D eigenvalue weighted by Gasteiger charge is 2.35. The Bertz CT molecular complexity index is 1360. The molecule has 0 N–H and O–H groups in total. The summed E-state index contributed by atoms with van der Waals surface area (Å²) in [7, 11) is -5.40. The van der Waals surface area contributed by atoms with E-state index in [0.717, 1.165) is 11.9 Å². The first-order chi connectivity index (χ1) is 16.7. The fraction of sp³-hybridized carbons (Fsp3) is 0.500. The van der Waals surface area contributed by atoms with E-state index in [-0.39, 0.29) is 19.1 Å². The highest BCUT2D eigenvalue weighted by Crippen LogP contribution is 2.18. The first-order valence-electron chi connectivity index (χ1n) is 11.0. The first-order valence-corrected chi connectivity index (χ1v) is 13.8. The van der Waals surface area contributed by atoms with Crippen molar-refractivity contribution in [1.82, 2.24) is 31.1 Å². The minimum absolute atomic E-state index is 0.222. The van der Waals surface area contributed by atoms with E-state index in [1.165, 1.54) is 54.3 Å². The Morgan fingerprint density at radius 2 is 1.53 bits per heavy atom. The van der Waals surface area contributed by atoms with E-state index in [2.05, 4.69) is 9.97 Å². The topological polar surface area (TPSA) is 146 Å². The Balaban J connectivity index is 0.000000221. The van der Waals surface area contributed by atoms with E-state index in [0.29, 0.717) is 6.54 Å². The van der Waals surface area contributed by atoms with Gasteiger partial charge in [-0.05, 0) is 27.7 Å². The number of rotatable bonds is 4. The van der Waals surface area contributed by atoms with E-state index >= 15 is 0 Å². The molecule has 1 aliphatic rings. The van der Waals surface area contributed by atoms with Crippen LogP contribution in [-0.4, -0.2) is 85.3 Å². The maximum atomic E-state index is 12.4. The maximum absolute atomic E-state index is 12.4. The third kappa shape index (κ3) is 6.30. The fourth-order valence-electron chi connectivity index (χ4n) is 3.30. The SMILES string of the molecule is C[C@@H]1CN(S(=O)(=O)n2ccnc2)CCN1C(=O)OC(C)(C)C.C[n+]1ccn(S(=O)(=O)n2ccnc2)c1. The molecule has 0 bridgehead atoms. The summed E-state index contributed by atoms with van der Waals surface area (Å²) in [6, 6.07) is -0.262. The van der Waals surface area contributed by atoms with Crippen molar-refractivity contribution in [2.24, 2.45) is 7.05 Å². The summed E-state index contributed by atoms with van der Waals surface area (Å²) in [4.78, 5) is 21.1. The van der Waals surface area contributed by atoms with Crippen molar-refractivity contribution in [2.75, 3.05) is 19.6 Å². The summed E-state index contributed by atoms with van der Waals surface area (Å²) in [5.74, 6) is 0. The van der Waals surface area contributed by atoms with Gasteiger partial charge in [-0.15, -0.1) is 3.97 Å². The van der Waals surface area contributed by atoms with Crippen LogP contribution in [0.5, 0.6) is 0 Å². The molecule has 14 nitrogen and oxygen atoms in total. The minimum atomic E-state index is -3.63. The molecule has 3 aromatic heterocycles. The molecule has 198 valence electrons. The zero-order chi connectivity index (χ0) is 26.7. The number of hydrogen-bond donors (Lipinski definition) is 0. The van der Waals surface area contributed by atoms with Gasteiger partial charge in [-0.2, -0.15) is 25.1 Å². The second kappa shape index (κ2) is 10.4. The van der Waals surface area contributed by atoms with Gasteiger partial charge in [-0.25, -0.2) is 23.3 Å². The number of ether oxygens (including phenoxy) is 1. The lowest BCUT2D eigenvalue weighted by Gasteiger charge is -2.39. The Kier molecular flexibility index (Phi) is 7.90. The molecule has 0 radical (unpaired) electrons. The number of amides is 1. The van der Waals surface area contributed by atoms with Gasteiger partial charge in [0, 0.05) is 50.5 Å². The zero-order valence-corrected chi connectivity index (χ0v) is 22.4. The van der Waals surface area contributed by atoms with Crippen LogP contribution in [0.3, 0.4) is 0 Å². The highest BCUT2D eigenvalue weighted by atomic mass is 32.2. The molecule has 0 aliphatic carbocycles. The Labute approximate surface area is 210 Å². The number of hydrogen-bond acceptors (Lipinski definition) is 8. The molecule has 36 heavy (non-hydrogen) atoms. The van der Waals surface area contributed by atoms with Crippen molar-refractivity contribution in [3.05, 3.63) is 56.2 Å². The molecule has 1 fully saturated rings. The van der Waals surface area contributed by atoms with E-state index in [1.54, 1.807) is 50.4 Å². The molecule has 16 heteroatoms. The number of carbonyl (C=O) groups excluding carboxylic acids is 1. The van der Waals surface area contributed by atoms with E-state index in [4.69, 9.17) is 4.74 Å². The van der Waals surface area contributed by atoms with Crippen LogP contribution in [0.1, 0.15) is 27.7 Å². The van der Waals surface area contributed by atoms with Gasteiger partial charge in [-0.1, -0.05) is 0 Å². The third-order valence-electron chi connectivity index (χ3n) is 5.05. The van der Waals surface area contributed by atoms with Crippen LogP contribution < -0.4 is 4.57 Å².